The van der Waals surface area contributed by atoms with Gasteiger partial charge in [-0.2, -0.15) is 0 Å². The second-order valence-electron chi connectivity index (χ2n) is 5.10. The summed E-state index contributed by atoms with van der Waals surface area (Å²) in [6, 6.07) is 4.20. The monoisotopic (exact) mass is 276 g/mol. The van der Waals surface area contributed by atoms with Crippen LogP contribution >= 0.6 is 11.6 Å². The molecule has 0 spiro atoms. The van der Waals surface area contributed by atoms with E-state index in [0.717, 1.165) is 42.4 Å². The normalized spacial score (nSPS) is 23.8. The van der Waals surface area contributed by atoms with Gasteiger partial charge in [-0.05, 0) is 12.1 Å². The minimum atomic E-state index is 0.0605. The number of hydrogen-bond acceptors (Lipinski definition) is 3. The topological polar surface area (TPSA) is 47.9 Å². The molecule has 3 aliphatic heterocycles. The number of urea groups is 1. The molecule has 1 N–H and O–H groups in total. The molecule has 6 heteroatoms. The van der Waals surface area contributed by atoms with E-state index in [1.54, 1.807) is 0 Å². The van der Waals surface area contributed by atoms with E-state index in [1.165, 1.54) is 0 Å². The minimum absolute atomic E-state index is 0.0605. The molecular weight excluding hydrogens is 264 g/mol. The first-order valence-corrected chi connectivity index (χ1v) is 6.77. The number of nitrogens with zero attached hydrogens (tertiary/aromatic N) is 3. The average Bonchev–Trinajstić information content (AvgIpc) is 2.74. The van der Waals surface area contributed by atoms with Crippen LogP contribution in [0.15, 0.2) is 17.1 Å². The minimum Gasteiger partial charge on any atom is -0.367 e. The van der Waals surface area contributed by atoms with Crippen molar-refractivity contribution in [3.63, 3.8) is 0 Å². The lowest BCUT2D eigenvalue weighted by atomic mass is 10.1. The van der Waals surface area contributed by atoms with Crippen molar-refractivity contribution in [3.8, 4) is 0 Å². The number of nitrogens with one attached hydrogen (secondary N) is 1. The van der Waals surface area contributed by atoms with E-state index in [4.69, 9.17) is 11.6 Å². The van der Waals surface area contributed by atoms with Gasteiger partial charge in [-0.1, -0.05) is 11.6 Å². The number of fused-ring (bicyclic) bond motifs is 2. The van der Waals surface area contributed by atoms with Crippen LogP contribution in [0.1, 0.15) is 0 Å². The van der Waals surface area contributed by atoms with E-state index in [9.17, 15) is 4.79 Å². The number of carbonyl (C=O) groups is 1. The van der Waals surface area contributed by atoms with Gasteiger partial charge in [0, 0.05) is 48.3 Å². The zero-order chi connectivity index (χ0) is 13.0. The maximum atomic E-state index is 11.6. The number of carbonyl (C=O) groups excluding carboxylic acids is 1. The van der Waals surface area contributed by atoms with Crippen molar-refractivity contribution in [1.82, 2.24) is 10.2 Å². The molecule has 1 aromatic rings. The van der Waals surface area contributed by atoms with E-state index < -0.39 is 0 Å². The highest BCUT2D eigenvalue weighted by Gasteiger charge is 2.35. The summed E-state index contributed by atoms with van der Waals surface area (Å²) in [5.74, 6) is 0. The molecule has 3 aliphatic rings. The number of halogens is 1. The third-order valence-electron chi connectivity index (χ3n) is 4.01. The molecule has 3 heterocycles. The molecule has 2 fully saturated rings. The summed E-state index contributed by atoms with van der Waals surface area (Å²) in [7, 11) is 0. The van der Waals surface area contributed by atoms with Gasteiger partial charge < -0.3 is 15.1 Å². The van der Waals surface area contributed by atoms with Crippen LogP contribution in [-0.2, 0) is 0 Å². The smallest absolute Gasteiger partial charge is 0.317 e. The predicted octanol–water partition coefficient (Wildman–Crippen LogP) is -0.0750. The van der Waals surface area contributed by atoms with Gasteiger partial charge in [-0.25, -0.2) is 4.79 Å². The molecule has 1 aromatic carbocycles. The third-order valence-corrected chi connectivity index (χ3v) is 4.23. The zero-order valence-electron chi connectivity index (χ0n) is 10.3. The molecule has 0 bridgehead atoms. The lowest BCUT2D eigenvalue weighted by molar-refractivity contribution is 0.197. The molecule has 0 radical (unpaired) electrons. The van der Waals surface area contributed by atoms with Gasteiger partial charge in [0.25, 0.3) is 0 Å². The Hall–Kier alpha value is -1.75. The van der Waals surface area contributed by atoms with Crippen molar-refractivity contribution in [1.29, 1.82) is 0 Å². The molecule has 19 heavy (non-hydrogen) atoms. The van der Waals surface area contributed by atoms with Gasteiger partial charge in [0.2, 0.25) is 0 Å². The van der Waals surface area contributed by atoms with Crippen LogP contribution in [0.25, 0.3) is 6.20 Å². The van der Waals surface area contributed by atoms with Gasteiger partial charge in [0.1, 0.15) is 0 Å². The Morgan fingerprint density at radius 1 is 1.37 bits per heavy atom. The first-order chi connectivity index (χ1) is 9.22. The summed E-state index contributed by atoms with van der Waals surface area (Å²) in [6.07, 6.45) is 1.88. The van der Waals surface area contributed by atoms with Gasteiger partial charge in [-0.3, -0.25) is 4.99 Å². The number of anilines is 1. The van der Waals surface area contributed by atoms with E-state index in [2.05, 4.69) is 15.2 Å². The van der Waals surface area contributed by atoms with Crippen LogP contribution in [0.2, 0.25) is 5.02 Å². The molecule has 0 aliphatic carbocycles. The lowest BCUT2D eigenvalue weighted by Crippen LogP contribution is -2.54. The van der Waals surface area contributed by atoms with Crippen molar-refractivity contribution in [2.24, 2.45) is 4.99 Å². The quantitative estimate of drug-likeness (QED) is 0.780. The van der Waals surface area contributed by atoms with E-state index in [0.29, 0.717) is 5.02 Å². The van der Waals surface area contributed by atoms with Gasteiger partial charge >= 0.3 is 6.03 Å². The number of piperazine rings is 1. The number of rotatable bonds is 1. The summed E-state index contributed by atoms with van der Waals surface area (Å²) in [6.45, 7) is 3.17. The summed E-state index contributed by atoms with van der Waals surface area (Å²) < 4.78 is 0. The molecule has 98 valence electrons. The highest BCUT2D eigenvalue weighted by Crippen LogP contribution is 2.21. The Morgan fingerprint density at radius 2 is 2.26 bits per heavy atom. The summed E-state index contributed by atoms with van der Waals surface area (Å²) in [5, 5.41) is 5.73. The van der Waals surface area contributed by atoms with Crippen molar-refractivity contribution < 1.29 is 4.79 Å². The van der Waals surface area contributed by atoms with Crippen molar-refractivity contribution >= 4 is 29.5 Å². The van der Waals surface area contributed by atoms with Crippen LogP contribution in [0.5, 0.6) is 0 Å². The molecular formula is C13H13ClN4O. The highest BCUT2D eigenvalue weighted by atomic mass is 35.5. The van der Waals surface area contributed by atoms with E-state index >= 15 is 0 Å². The molecule has 1 unspecified atom stereocenters. The fourth-order valence-electron chi connectivity index (χ4n) is 2.98. The zero-order valence-corrected chi connectivity index (χ0v) is 11.0. The first-order valence-electron chi connectivity index (χ1n) is 6.39. The molecule has 2 saturated heterocycles. The average molecular weight is 277 g/mol. The second kappa shape index (κ2) is 3.87. The number of hydrogen-bond donors (Lipinski definition) is 1. The molecule has 0 aromatic heterocycles. The lowest BCUT2D eigenvalue weighted by Gasteiger charge is -2.38. The summed E-state index contributed by atoms with van der Waals surface area (Å²) >= 11 is 6.13. The fourth-order valence-corrected chi connectivity index (χ4v) is 3.19. The van der Waals surface area contributed by atoms with Crippen LogP contribution in [-0.4, -0.2) is 43.2 Å². The molecule has 5 nitrogen and oxygen atoms in total. The van der Waals surface area contributed by atoms with Crippen LogP contribution in [0.4, 0.5) is 10.5 Å². The third kappa shape index (κ3) is 1.61. The maximum absolute atomic E-state index is 11.6. The van der Waals surface area contributed by atoms with Crippen LogP contribution in [0.3, 0.4) is 0 Å². The van der Waals surface area contributed by atoms with Crippen LogP contribution in [0, 0.1) is 0 Å². The summed E-state index contributed by atoms with van der Waals surface area (Å²) in [5.41, 5.74) is 1.14. The Labute approximate surface area is 115 Å². The largest absolute Gasteiger partial charge is 0.367 e. The molecule has 0 saturated carbocycles. The summed E-state index contributed by atoms with van der Waals surface area (Å²) in [4.78, 5) is 20.0. The predicted molar refractivity (Wildman–Crippen MR) is 72.8 cm³/mol. The van der Waals surface area contributed by atoms with E-state index in [-0.39, 0.29) is 12.1 Å². The second-order valence-corrected chi connectivity index (χ2v) is 5.53. The van der Waals surface area contributed by atoms with Gasteiger partial charge in [0.15, 0.2) is 0 Å². The maximum Gasteiger partial charge on any atom is 0.317 e. The van der Waals surface area contributed by atoms with Crippen molar-refractivity contribution in [3.05, 3.63) is 27.7 Å². The Morgan fingerprint density at radius 3 is 3.05 bits per heavy atom. The van der Waals surface area contributed by atoms with E-state index in [1.807, 2.05) is 23.2 Å². The van der Waals surface area contributed by atoms with Crippen LogP contribution < -0.4 is 20.8 Å². The molecule has 4 rings (SSSR count). The highest BCUT2D eigenvalue weighted by molar-refractivity contribution is 6.30. The molecule has 1 atom stereocenters. The molecule has 2 amide bonds. The Bertz CT molecular complexity index is 687. The van der Waals surface area contributed by atoms with Crippen molar-refractivity contribution in [2.75, 3.05) is 31.1 Å². The Kier molecular flexibility index (Phi) is 2.26. The number of amides is 2. The van der Waals surface area contributed by atoms with Crippen molar-refractivity contribution in [2.45, 2.75) is 6.04 Å². The number of benzene rings is 1. The van der Waals surface area contributed by atoms with Gasteiger partial charge in [0.05, 0.1) is 11.4 Å². The first kappa shape index (κ1) is 11.1. The van der Waals surface area contributed by atoms with Gasteiger partial charge in [-0.15, -0.1) is 0 Å². The SMILES string of the molecule is O=C1NCC2CN(c3cc(Cl)cc4c3=CN=4)CCN12. The standard InChI is InChI=1S/C13H13ClN4O/c14-8-3-11-10(6-15-11)12(4-8)17-1-2-18-9(7-17)5-16-13(18)19/h3-4,6,9H,1-2,5,7H2,(H,16,19). The fraction of sp³-hybridized carbons (Fsp3) is 0.385. The Balaban J connectivity index is 1.67.